The third-order valence-electron chi connectivity index (χ3n) is 6.55. The summed E-state index contributed by atoms with van der Waals surface area (Å²) in [6.45, 7) is 9.66. The van der Waals surface area contributed by atoms with E-state index in [9.17, 15) is 13.2 Å². The second-order valence-electron chi connectivity index (χ2n) is 9.46. The molecule has 0 aliphatic rings. The van der Waals surface area contributed by atoms with Gasteiger partial charge in [-0.3, -0.25) is 9.52 Å². The summed E-state index contributed by atoms with van der Waals surface area (Å²) >= 11 is 0. The van der Waals surface area contributed by atoms with Crippen LogP contribution in [0.2, 0.25) is 0 Å². The van der Waals surface area contributed by atoms with E-state index in [1.165, 1.54) is 5.57 Å². The molecule has 0 aliphatic heterocycles. The normalized spacial score (nSPS) is 11.2. The largest absolute Gasteiger partial charge is 0.339 e. The summed E-state index contributed by atoms with van der Waals surface area (Å²) in [5.41, 5.74) is 6.39. The van der Waals surface area contributed by atoms with Crippen LogP contribution in [0.15, 0.2) is 84.4 Å². The first-order valence-corrected chi connectivity index (χ1v) is 15.2. The van der Waals surface area contributed by atoms with Crippen LogP contribution in [0, 0.1) is 0 Å². The van der Waals surface area contributed by atoms with Gasteiger partial charge in [0.05, 0.1) is 5.75 Å². The van der Waals surface area contributed by atoms with Crippen molar-refractivity contribution in [3.8, 4) is 0 Å². The van der Waals surface area contributed by atoms with Gasteiger partial charge in [-0.2, -0.15) is 0 Å². The van der Waals surface area contributed by atoms with E-state index in [1.807, 2.05) is 91.5 Å². The number of carbonyl (C=O) groups is 1. The highest BCUT2D eigenvalue weighted by molar-refractivity contribution is 7.91. The molecule has 0 unspecified atom stereocenters. The number of hydrogen-bond acceptors (Lipinski definition) is 3. The summed E-state index contributed by atoms with van der Waals surface area (Å²) in [6, 6.07) is 24.6. The van der Waals surface area contributed by atoms with Gasteiger partial charge in [-0.1, -0.05) is 86.9 Å². The van der Waals surface area contributed by atoms with Crippen molar-refractivity contribution < 1.29 is 13.2 Å². The van der Waals surface area contributed by atoms with Crippen molar-refractivity contribution in [1.29, 1.82) is 0 Å². The second-order valence-corrected chi connectivity index (χ2v) is 11.2. The van der Waals surface area contributed by atoms with Crippen LogP contribution in [0.5, 0.6) is 0 Å². The van der Waals surface area contributed by atoms with Crippen molar-refractivity contribution in [2.45, 2.75) is 59.1 Å². The Labute approximate surface area is 228 Å². The van der Waals surface area contributed by atoms with Gasteiger partial charge in [0.1, 0.15) is 0 Å². The topological polar surface area (TPSA) is 66.5 Å². The zero-order valence-electron chi connectivity index (χ0n) is 23.0. The number of allylic oxidation sites excluding steroid dienone is 1. The van der Waals surface area contributed by atoms with Crippen LogP contribution in [0.25, 0.3) is 5.57 Å². The van der Waals surface area contributed by atoms with E-state index in [-0.39, 0.29) is 11.7 Å². The van der Waals surface area contributed by atoms with Gasteiger partial charge >= 0.3 is 0 Å². The molecule has 0 saturated heterocycles. The molecule has 5 nitrogen and oxygen atoms in total. The summed E-state index contributed by atoms with van der Waals surface area (Å²) in [7, 11) is -3.57. The number of amides is 1. The lowest BCUT2D eigenvalue weighted by molar-refractivity contribution is 0.0773. The summed E-state index contributed by atoms with van der Waals surface area (Å²) in [4.78, 5) is 14.7. The molecule has 1 amide bonds. The lowest BCUT2D eigenvalue weighted by atomic mass is 9.88. The molecular formula is C32H40N2O3S. The molecule has 0 heterocycles. The molecule has 0 atom stereocenters. The molecule has 3 aromatic carbocycles. The minimum absolute atomic E-state index is 0.0317. The van der Waals surface area contributed by atoms with Crippen LogP contribution >= 0.6 is 0 Å². The van der Waals surface area contributed by atoms with E-state index >= 15 is 0 Å². The van der Waals surface area contributed by atoms with Crippen molar-refractivity contribution in [1.82, 2.24) is 4.90 Å². The Balaban J connectivity index is 1.99. The highest BCUT2D eigenvalue weighted by atomic mass is 32.2. The third kappa shape index (κ3) is 7.81. The first-order valence-electron chi connectivity index (χ1n) is 13.6. The van der Waals surface area contributed by atoms with E-state index < -0.39 is 10.0 Å². The van der Waals surface area contributed by atoms with Crippen molar-refractivity contribution in [3.63, 3.8) is 0 Å². The highest BCUT2D eigenvalue weighted by Crippen LogP contribution is 2.33. The molecule has 0 aromatic heterocycles. The number of sulfonamides is 1. The molecule has 6 heteroatoms. The Hall–Kier alpha value is -3.38. The second kappa shape index (κ2) is 14.0. The van der Waals surface area contributed by atoms with Gasteiger partial charge in [0, 0.05) is 24.3 Å². The number of hydrogen-bond donors (Lipinski definition) is 1. The third-order valence-corrected chi connectivity index (χ3v) is 7.81. The van der Waals surface area contributed by atoms with Crippen molar-refractivity contribution in [3.05, 3.63) is 107 Å². The summed E-state index contributed by atoms with van der Waals surface area (Å²) < 4.78 is 28.6. The zero-order chi connectivity index (χ0) is 27.5. The Kier molecular flexibility index (Phi) is 10.7. The van der Waals surface area contributed by atoms with Crippen LogP contribution in [0.4, 0.5) is 5.69 Å². The molecule has 1 N–H and O–H groups in total. The van der Waals surface area contributed by atoms with Crippen LogP contribution in [0.3, 0.4) is 0 Å². The summed E-state index contributed by atoms with van der Waals surface area (Å²) in [6.07, 6.45) is 3.93. The van der Waals surface area contributed by atoms with Gasteiger partial charge in [-0.25, -0.2) is 8.42 Å². The van der Waals surface area contributed by atoms with Gasteiger partial charge in [0.15, 0.2) is 0 Å². The molecule has 3 aromatic rings. The zero-order valence-corrected chi connectivity index (χ0v) is 23.9. The van der Waals surface area contributed by atoms with Crippen molar-refractivity contribution in [2.24, 2.45) is 0 Å². The minimum Gasteiger partial charge on any atom is -0.339 e. The van der Waals surface area contributed by atoms with Crippen LogP contribution < -0.4 is 4.72 Å². The van der Waals surface area contributed by atoms with E-state index in [1.54, 1.807) is 6.07 Å². The SMILES string of the molecule is CCCC(CCC)=C(c1ccc(C(=O)N(CC)CC)cc1)c1cccc(NS(=O)(=O)Cc2ccccc2)c1. The lowest BCUT2D eigenvalue weighted by Gasteiger charge is -2.20. The molecule has 202 valence electrons. The maximum Gasteiger partial charge on any atom is 0.253 e. The first-order chi connectivity index (χ1) is 18.3. The summed E-state index contributed by atoms with van der Waals surface area (Å²) in [5, 5.41) is 0. The number of nitrogens with one attached hydrogen (secondary N) is 1. The molecule has 38 heavy (non-hydrogen) atoms. The fraction of sp³-hybridized carbons (Fsp3) is 0.344. The predicted molar refractivity (Wildman–Crippen MR) is 159 cm³/mol. The Morgan fingerprint density at radius 2 is 1.34 bits per heavy atom. The monoisotopic (exact) mass is 532 g/mol. The van der Waals surface area contributed by atoms with Crippen LogP contribution in [0.1, 0.15) is 80.4 Å². The van der Waals surface area contributed by atoms with Gasteiger partial charge in [0.25, 0.3) is 5.91 Å². The van der Waals surface area contributed by atoms with Gasteiger partial charge in [0.2, 0.25) is 10.0 Å². The number of anilines is 1. The smallest absolute Gasteiger partial charge is 0.253 e. The maximum atomic E-state index is 12.9. The van der Waals surface area contributed by atoms with Crippen molar-refractivity contribution in [2.75, 3.05) is 17.8 Å². The van der Waals surface area contributed by atoms with Crippen molar-refractivity contribution >= 4 is 27.2 Å². The predicted octanol–water partition coefficient (Wildman–Crippen LogP) is 7.51. The van der Waals surface area contributed by atoms with E-state index in [4.69, 9.17) is 0 Å². The Morgan fingerprint density at radius 3 is 1.92 bits per heavy atom. The molecule has 0 saturated carbocycles. The van der Waals surface area contributed by atoms with Gasteiger partial charge < -0.3 is 4.90 Å². The summed E-state index contributed by atoms with van der Waals surface area (Å²) in [5.74, 6) is -0.0519. The first kappa shape index (κ1) is 29.2. The van der Waals surface area contributed by atoms with E-state index in [0.717, 1.165) is 47.9 Å². The molecular weight excluding hydrogens is 492 g/mol. The maximum absolute atomic E-state index is 12.9. The quantitative estimate of drug-likeness (QED) is 0.248. The van der Waals surface area contributed by atoms with E-state index in [0.29, 0.717) is 24.3 Å². The van der Waals surface area contributed by atoms with Gasteiger partial charge in [-0.15, -0.1) is 0 Å². The number of nitrogens with zero attached hydrogens (tertiary/aromatic N) is 1. The molecule has 0 fully saturated rings. The van der Waals surface area contributed by atoms with Gasteiger partial charge in [-0.05, 0) is 73.2 Å². The number of benzene rings is 3. The molecule has 3 rings (SSSR count). The average molecular weight is 533 g/mol. The van der Waals surface area contributed by atoms with Crippen LogP contribution in [-0.4, -0.2) is 32.3 Å². The number of rotatable bonds is 13. The molecule has 0 aliphatic carbocycles. The minimum atomic E-state index is -3.57. The Bertz CT molecular complexity index is 1320. The fourth-order valence-corrected chi connectivity index (χ4v) is 5.96. The standard InChI is InChI=1S/C32H40N2O3S/c1-5-13-26(14-6-2)31(27-19-21-28(22-20-27)32(35)34(7-3)8-4)29-17-12-18-30(23-29)33-38(36,37)24-25-15-10-9-11-16-25/h9-12,15-23,33H,5-8,13-14,24H2,1-4H3. The Morgan fingerprint density at radius 1 is 0.737 bits per heavy atom. The highest BCUT2D eigenvalue weighted by Gasteiger charge is 2.17. The molecule has 0 bridgehead atoms. The lowest BCUT2D eigenvalue weighted by Crippen LogP contribution is -2.30. The van der Waals surface area contributed by atoms with Crippen LogP contribution in [-0.2, 0) is 15.8 Å². The average Bonchev–Trinajstić information content (AvgIpc) is 2.90. The molecule has 0 spiro atoms. The molecule has 0 radical (unpaired) electrons. The fourth-order valence-electron chi connectivity index (χ4n) is 4.77. The number of carbonyl (C=O) groups excluding carboxylic acids is 1. The van der Waals surface area contributed by atoms with E-state index in [2.05, 4.69) is 18.6 Å².